The Morgan fingerprint density at radius 3 is 2.58 bits per heavy atom. The Morgan fingerprint density at radius 2 is 1.90 bits per heavy atom. The van der Waals surface area contributed by atoms with Crippen LogP contribution in [0.15, 0.2) is 33.7 Å². The minimum Gasteiger partial charge on any atom is -0.343 e. The molecule has 1 aromatic carbocycles. The standard InChI is InChI=1S/C21H26F2N4O3S/c1-14(28)26-21(12-6-2-3-7-13-21)19-25-18(30-27-19)11-10-17(29)24-15-8-4-5-9-16(15)31-20(22)23/h4-5,8-9,20H,2-3,6-7,10-13H2,1H3,(H,24,29)(H,26,28). The van der Waals surface area contributed by atoms with Crippen LogP contribution in [0.3, 0.4) is 0 Å². The van der Waals surface area contributed by atoms with Gasteiger partial charge in [0, 0.05) is 24.7 Å². The van der Waals surface area contributed by atoms with E-state index < -0.39 is 11.3 Å². The van der Waals surface area contributed by atoms with Crippen LogP contribution in [0, 0.1) is 0 Å². The van der Waals surface area contributed by atoms with Crippen molar-refractivity contribution >= 4 is 29.3 Å². The van der Waals surface area contributed by atoms with E-state index in [1.165, 1.54) is 13.0 Å². The number of carbonyl (C=O) groups is 2. The number of hydrogen-bond donors (Lipinski definition) is 2. The van der Waals surface area contributed by atoms with Gasteiger partial charge in [0.2, 0.25) is 17.7 Å². The van der Waals surface area contributed by atoms with Gasteiger partial charge >= 0.3 is 0 Å². The van der Waals surface area contributed by atoms with Gasteiger partial charge in [0.05, 0.1) is 5.69 Å². The molecule has 0 saturated heterocycles. The van der Waals surface area contributed by atoms with Crippen LogP contribution in [0.5, 0.6) is 0 Å². The molecule has 1 saturated carbocycles. The number of rotatable bonds is 8. The molecule has 0 atom stereocenters. The van der Waals surface area contributed by atoms with E-state index in [0.29, 0.717) is 34.1 Å². The SMILES string of the molecule is CC(=O)NC1(c2noc(CCC(=O)Nc3ccccc3SC(F)F)n2)CCCCCC1. The van der Waals surface area contributed by atoms with Gasteiger partial charge in [-0.15, -0.1) is 0 Å². The molecule has 1 aliphatic carbocycles. The molecule has 1 aliphatic rings. The predicted molar refractivity (Wildman–Crippen MR) is 113 cm³/mol. The van der Waals surface area contributed by atoms with Gasteiger partial charge in [-0.2, -0.15) is 13.8 Å². The predicted octanol–water partition coefficient (Wildman–Crippen LogP) is 4.64. The summed E-state index contributed by atoms with van der Waals surface area (Å²) in [5.41, 5.74) is -0.301. The van der Waals surface area contributed by atoms with Crippen molar-refractivity contribution in [2.45, 2.75) is 74.5 Å². The zero-order valence-electron chi connectivity index (χ0n) is 17.3. The number of benzene rings is 1. The van der Waals surface area contributed by atoms with Crippen molar-refractivity contribution in [1.29, 1.82) is 0 Å². The summed E-state index contributed by atoms with van der Waals surface area (Å²) < 4.78 is 30.7. The van der Waals surface area contributed by atoms with Crippen LogP contribution in [0.4, 0.5) is 14.5 Å². The lowest BCUT2D eigenvalue weighted by Crippen LogP contribution is -2.45. The summed E-state index contributed by atoms with van der Waals surface area (Å²) in [6.45, 7) is 1.47. The van der Waals surface area contributed by atoms with E-state index >= 15 is 0 Å². The van der Waals surface area contributed by atoms with Crippen LogP contribution in [0.1, 0.15) is 63.6 Å². The molecule has 2 N–H and O–H groups in total. The number of nitrogens with zero attached hydrogens (tertiary/aromatic N) is 2. The van der Waals surface area contributed by atoms with Crippen molar-refractivity contribution in [1.82, 2.24) is 15.5 Å². The molecule has 1 heterocycles. The van der Waals surface area contributed by atoms with Gasteiger partial charge < -0.3 is 15.2 Å². The van der Waals surface area contributed by atoms with Gasteiger partial charge in [0.15, 0.2) is 5.82 Å². The highest BCUT2D eigenvalue weighted by Crippen LogP contribution is 2.35. The highest BCUT2D eigenvalue weighted by Gasteiger charge is 2.38. The molecule has 2 amide bonds. The maximum Gasteiger partial charge on any atom is 0.288 e. The number of amides is 2. The van der Waals surface area contributed by atoms with E-state index in [0.717, 1.165) is 38.5 Å². The van der Waals surface area contributed by atoms with Crippen molar-refractivity contribution in [2.75, 3.05) is 5.32 Å². The number of anilines is 1. The van der Waals surface area contributed by atoms with E-state index in [1.54, 1.807) is 18.2 Å². The van der Waals surface area contributed by atoms with E-state index in [1.807, 2.05) is 0 Å². The van der Waals surface area contributed by atoms with Crippen LogP contribution in [-0.2, 0) is 21.5 Å². The molecule has 0 unspecified atom stereocenters. The van der Waals surface area contributed by atoms with Crippen molar-refractivity contribution in [2.24, 2.45) is 0 Å². The Labute approximate surface area is 183 Å². The maximum atomic E-state index is 12.7. The van der Waals surface area contributed by atoms with Gasteiger partial charge in [-0.3, -0.25) is 9.59 Å². The first kappa shape index (κ1) is 23.2. The minimum atomic E-state index is -2.57. The number of carbonyl (C=O) groups excluding carboxylic acids is 2. The Bertz CT molecular complexity index is 898. The molecule has 168 valence electrons. The Balaban J connectivity index is 1.63. The fourth-order valence-electron chi connectivity index (χ4n) is 3.83. The topological polar surface area (TPSA) is 97.1 Å². The number of alkyl halides is 2. The van der Waals surface area contributed by atoms with Crippen LogP contribution >= 0.6 is 11.8 Å². The third-order valence-electron chi connectivity index (χ3n) is 5.21. The quantitative estimate of drug-likeness (QED) is 0.447. The smallest absolute Gasteiger partial charge is 0.288 e. The number of para-hydroxylation sites is 1. The molecule has 7 nitrogen and oxygen atoms in total. The molecule has 1 aromatic heterocycles. The summed E-state index contributed by atoms with van der Waals surface area (Å²) in [7, 11) is 0. The van der Waals surface area contributed by atoms with Crippen molar-refractivity contribution in [3.8, 4) is 0 Å². The summed E-state index contributed by atoms with van der Waals surface area (Å²) >= 11 is 0.383. The van der Waals surface area contributed by atoms with Crippen molar-refractivity contribution < 1.29 is 22.9 Å². The van der Waals surface area contributed by atoms with Crippen molar-refractivity contribution in [3.05, 3.63) is 36.0 Å². The van der Waals surface area contributed by atoms with Gasteiger partial charge in [-0.25, -0.2) is 0 Å². The molecule has 0 spiro atoms. The van der Waals surface area contributed by atoms with Crippen LogP contribution < -0.4 is 10.6 Å². The Kier molecular flexibility index (Phi) is 8.00. The summed E-state index contributed by atoms with van der Waals surface area (Å²) in [4.78, 5) is 28.9. The molecule has 0 aliphatic heterocycles. The van der Waals surface area contributed by atoms with Gasteiger partial charge in [0.1, 0.15) is 5.54 Å². The first-order valence-electron chi connectivity index (χ1n) is 10.3. The first-order valence-corrected chi connectivity index (χ1v) is 11.2. The second kappa shape index (κ2) is 10.7. The molecule has 0 radical (unpaired) electrons. The number of thioether (sulfide) groups is 1. The fraction of sp³-hybridized carbons (Fsp3) is 0.524. The molecular formula is C21H26F2N4O3S. The molecule has 3 rings (SSSR count). The summed E-state index contributed by atoms with van der Waals surface area (Å²) in [5.74, 6) is -2.32. The number of hydrogen-bond acceptors (Lipinski definition) is 6. The Hall–Kier alpha value is -2.49. The monoisotopic (exact) mass is 452 g/mol. The second-order valence-corrected chi connectivity index (χ2v) is 8.64. The normalized spacial score (nSPS) is 16.0. The summed E-state index contributed by atoms with van der Waals surface area (Å²) in [6.07, 6.45) is 5.86. The third-order valence-corrected chi connectivity index (χ3v) is 6.00. The van der Waals surface area contributed by atoms with E-state index in [2.05, 4.69) is 20.8 Å². The molecule has 2 aromatic rings. The summed E-state index contributed by atoms with van der Waals surface area (Å²) in [5, 5.41) is 9.77. The van der Waals surface area contributed by atoms with Crippen molar-refractivity contribution in [3.63, 3.8) is 0 Å². The van der Waals surface area contributed by atoms with Gasteiger partial charge in [0.25, 0.3) is 5.76 Å². The lowest BCUT2D eigenvalue weighted by molar-refractivity contribution is -0.121. The third kappa shape index (κ3) is 6.49. The second-order valence-electron chi connectivity index (χ2n) is 7.61. The molecule has 10 heteroatoms. The Morgan fingerprint density at radius 1 is 1.19 bits per heavy atom. The number of aryl methyl sites for hydroxylation is 1. The lowest BCUT2D eigenvalue weighted by atomic mass is 9.89. The van der Waals surface area contributed by atoms with Gasteiger partial charge in [-0.05, 0) is 25.0 Å². The van der Waals surface area contributed by atoms with E-state index in [-0.39, 0.29) is 24.7 Å². The minimum absolute atomic E-state index is 0.0580. The highest BCUT2D eigenvalue weighted by molar-refractivity contribution is 7.99. The van der Waals surface area contributed by atoms with Gasteiger partial charge in [-0.1, -0.05) is 54.7 Å². The van der Waals surface area contributed by atoms with Crippen LogP contribution in [0.25, 0.3) is 0 Å². The lowest BCUT2D eigenvalue weighted by Gasteiger charge is -2.30. The molecule has 0 bridgehead atoms. The molecular weight excluding hydrogens is 426 g/mol. The fourth-order valence-corrected chi connectivity index (χ4v) is 4.42. The average molecular weight is 453 g/mol. The van der Waals surface area contributed by atoms with E-state index in [4.69, 9.17) is 4.52 Å². The van der Waals surface area contributed by atoms with Crippen LogP contribution in [-0.4, -0.2) is 27.7 Å². The number of halogens is 2. The zero-order chi connectivity index (χ0) is 22.3. The zero-order valence-corrected chi connectivity index (χ0v) is 18.1. The number of aromatic nitrogens is 2. The largest absolute Gasteiger partial charge is 0.343 e. The van der Waals surface area contributed by atoms with E-state index in [9.17, 15) is 18.4 Å². The maximum absolute atomic E-state index is 12.7. The highest BCUT2D eigenvalue weighted by atomic mass is 32.2. The van der Waals surface area contributed by atoms with Crippen LogP contribution in [0.2, 0.25) is 0 Å². The molecule has 1 fully saturated rings. The average Bonchev–Trinajstić information content (AvgIpc) is 3.07. The summed E-state index contributed by atoms with van der Waals surface area (Å²) in [6, 6.07) is 6.42. The number of nitrogens with one attached hydrogen (secondary N) is 2. The first-order chi connectivity index (χ1) is 14.9. The molecule has 31 heavy (non-hydrogen) atoms.